The summed E-state index contributed by atoms with van der Waals surface area (Å²) in [6.45, 7) is 9.79. The Morgan fingerprint density at radius 2 is 1.69 bits per heavy atom. The van der Waals surface area contributed by atoms with Crippen LogP contribution >= 0.6 is 0 Å². The van der Waals surface area contributed by atoms with Gasteiger partial charge in [-0.05, 0) is 34.6 Å². The van der Waals surface area contributed by atoms with Crippen LogP contribution in [0.4, 0.5) is 5.69 Å². The van der Waals surface area contributed by atoms with E-state index < -0.39 is 0 Å². The molecular formula is C14H21NO. The molecule has 2 nitrogen and oxygen atoms in total. The minimum absolute atomic E-state index is 0.562. The van der Waals surface area contributed by atoms with Crippen LogP contribution in [0.1, 0.15) is 56.2 Å². The lowest BCUT2D eigenvalue weighted by molar-refractivity contribution is 0.187. The van der Waals surface area contributed by atoms with Crippen LogP contribution in [0.5, 0.6) is 0 Å². The lowest BCUT2D eigenvalue weighted by atomic mass is 9.87. The van der Waals surface area contributed by atoms with E-state index in [1.165, 1.54) is 16.7 Å². The van der Waals surface area contributed by atoms with Gasteiger partial charge in [0.1, 0.15) is 0 Å². The van der Waals surface area contributed by atoms with E-state index in [4.69, 9.17) is 4.84 Å². The van der Waals surface area contributed by atoms with Gasteiger partial charge in [0, 0.05) is 6.42 Å². The summed E-state index contributed by atoms with van der Waals surface area (Å²) in [5, 5.41) is 0. The summed E-state index contributed by atoms with van der Waals surface area (Å²) < 4.78 is 0. The minimum atomic E-state index is 0.562. The molecule has 1 aliphatic rings. The van der Waals surface area contributed by atoms with Crippen molar-refractivity contribution >= 4 is 5.69 Å². The van der Waals surface area contributed by atoms with Crippen molar-refractivity contribution in [3.63, 3.8) is 0 Å². The van der Waals surface area contributed by atoms with Crippen molar-refractivity contribution in [2.24, 2.45) is 0 Å². The molecule has 0 bridgehead atoms. The van der Waals surface area contributed by atoms with Gasteiger partial charge in [-0.3, -0.25) is 10.3 Å². The Morgan fingerprint density at radius 3 is 2.31 bits per heavy atom. The highest BCUT2D eigenvalue weighted by atomic mass is 16.6. The zero-order valence-electron chi connectivity index (χ0n) is 10.6. The highest BCUT2D eigenvalue weighted by Crippen LogP contribution is 2.33. The molecular weight excluding hydrogens is 198 g/mol. The lowest BCUT2D eigenvalue weighted by Crippen LogP contribution is -2.15. The smallest absolute Gasteiger partial charge is 0.0787 e. The monoisotopic (exact) mass is 219 g/mol. The summed E-state index contributed by atoms with van der Waals surface area (Å²) in [6.07, 6.45) is 1.01. The standard InChI is InChI=1S/C14H21NO/c1-9(2)12-7-11-5-6-16-15-14(11)8-13(12)10(3)4/h7-10,15H,5-6H2,1-4H3. The van der Waals surface area contributed by atoms with Crippen LogP contribution in [-0.4, -0.2) is 6.61 Å². The predicted molar refractivity (Wildman–Crippen MR) is 67.9 cm³/mol. The molecule has 0 radical (unpaired) electrons. The normalized spacial score (nSPS) is 15.1. The van der Waals surface area contributed by atoms with Crippen molar-refractivity contribution < 1.29 is 4.84 Å². The Labute approximate surface area is 98.0 Å². The number of fused-ring (bicyclic) bond motifs is 1. The molecule has 16 heavy (non-hydrogen) atoms. The van der Waals surface area contributed by atoms with Crippen molar-refractivity contribution in [1.82, 2.24) is 0 Å². The van der Waals surface area contributed by atoms with Gasteiger partial charge >= 0.3 is 0 Å². The van der Waals surface area contributed by atoms with E-state index >= 15 is 0 Å². The molecule has 0 saturated carbocycles. The molecule has 0 amide bonds. The fourth-order valence-corrected chi connectivity index (χ4v) is 2.27. The number of hydrogen-bond donors (Lipinski definition) is 1. The third kappa shape index (κ3) is 2.07. The number of anilines is 1. The largest absolute Gasteiger partial charge is 0.276 e. The second-order valence-corrected chi connectivity index (χ2v) is 5.15. The Morgan fingerprint density at radius 1 is 1.06 bits per heavy atom. The Kier molecular flexibility index (Phi) is 3.20. The maximum Gasteiger partial charge on any atom is 0.0787 e. The average Bonchev–Trinajstić information content (AvgIpc) is 2.27. The van der Waals surface area contributed by atoms with E-state index in [1.54, 1.807) is 0 Å². The van der Waals surface area contributed by atoms with E-state index in [0.717, 1.165) is 18.7 Å². The molecule has 0 aliphatic carbocycles. The summed E-state index contributed by atoms with van der Waals surface area (Å²) in [7, 11) is 0. The Hall–Kier alpha value is -1.02. The van der Waals surface area contributed by atoms with E-state index in [1.807, 2.05) is 0 Å². The van der Waals surface area contributed by atoms with Crippen LogP contribution in [-0.2, 0) is 11.3 Å². The van der Waals surface area contributed by atoms with Crippen molar-refractivity contribution in [2.75, 3.05) is 12.1 Å². The third-order valence-corrected chi connectivity index (χ3v) is 3.21. The number of hydrogen-bond acceptors (Lipinski definition) is 2. The van der Waals surface area contributed by atoms with Gasteiger partial charge in [0.05, 0.1) is 12.3 Å². The van der Waals surface area contributed by atoms with Crippen LogP contribution < -0.4 is 5.48 Å². The highest BCUT2D eigenvalue weighted by Gasteiger charge is 2.16. The van der Waals surface area contributed by atoms with Crippen molar-refractivity contribution in [1.29, 1.82) is 0 Å². The van der Waals surface area contributed by atoms with Crippen LogP contribution in [0.2, 0.25) is 0 Å². The molecule has 0 fully saturated rings. The fraction of sp³-hybridized carbons (Fsp3) is 0.571. The highest BCUT2D eigenvalue weighted by molar-refractivity contribution is 5.56. The molecule has 0 aromatic heterocycles. The van der Waals surface area contributed by atoms with Crippen LogP contribution in [0.3, 0.4) is 0 Å². The zero-order chi connectivity index (χ0) is 11.7. The van der Waals surface area contributed by atoms with Crippen LogP contribution in [0.25, 0.3) is 0 Å². The van der Waals surface area contributed by atoms with Gasteiger partial charge in [-0.25, -0.2) is 0 Å². The molecule has 0 spiro atoms. The number of nitrogens with one attached hydrogen (secondary N) is 1. The summed E-state index contributed by atoms with van der Waals surface area (Å²) in [5.74, 6) is 1.15. The summed E-state index contributed by atoms with van der Waals surface area (Å²) in [5.41, 5.74) is 8.49. The van der Waals surface area contributed by atoms with Crippen LogP contribution in [0.15, 0.2) is 12.1 Å². The van der Waals surface area contributed by atoms with Gasteiger partial charge in [0.25, 0.3) is 0 Å². The summed E-state index contributed by atoms with van der Waals surface area (Å²) in [6, 6.07) is 4.61. The maximum absolute atomic E-state index is 5.28. The minimum Gasteiger partial charge on any atom is -0.276 e. The SMILES string of the molecule is CC(C)c1cc2c(cc1C(C)C)NOCC2. The van der Waals surface area contributed by atoms with E-state index in [-0.39, 0.29) is 0 Å². The number of rotatable bonds is 2. The Balaban J connectivity index is 2.50. The van der Waals surface area contributed by atoms with E-state index in [9.17, 15) is 0 Å². The van der Waals surface area contributed by atoms with E-state index in [2.05, 4.69) is 45.3 Å². The number of benzene rings is 1. The van der Waals surface area contributed by atoms with Gasteiger partial charge in [-0.1, -0.05) is 33.8 Å². The Bertz CT molecular complexity index is 346. The van der Waals surface area contributed by atoms with Gasteiger partial charge < -0.3 is 0 Å². The quantitative estimate of drug-likeness (QED) is 0.816. The molecule has 2 heteroatoms. The maximum atomic E-state index is 5.28. The summed E-state index contributed by atoms with van der Waals surface area (Å²) >= 11 is 0. The first kappa shape index (κ1) is 11.5. The topological polar surface area (TPSA) is 21.3 Å². The molecule has 0 unspecified atom stereocenters. The lowest BCUT2D eigenvalue weighted by Gasteiger charge is -2.24. The van der Waals surface area contributed by atoms with Crippen LogP contribution in [0, 0.1) is 0 Å². The second kappa shape index (κ2) is 4.46. The third-order valence-electron chi connectivity index (χ3n) is 3.21. The fourth-order valence-electron chi connectivity index (χ4n) is 2.27. The summed E-state index contributed by atoms with van der Waals surface area (Å²) in [4.78, 5) is 5.28. The van der Waals surface area contributed by atoms with Crippen molar-refractivity contribution in [3.8, 4) is 0 Å². The average molecular weight is 219 g/mol. The van der Waals surface area contributed by atoms with E-state index in [0.29, 0.717) is 11.8 Å². The van der Waals surface area contributed by atoms with Crippen molar-refractivity contribution in [2.45, 2.75) is 46.0 Å². The molecule has 1 heterocycles. The second-order valence-electron chi connectivity index (χ2n) is 5.15. The molecule has 1 aliphatic heterocycles. The first-order chi connectivity index (χ1) is 7.59. The van der Waals surface area contributed by atoms with Gasteiger partial charge in [0.15, 0.2) is 0 Å². The first-order valence-corrected chi connectivity index (χ1v) is 6.14. The molecule has 0 saturated heterocycles. The van der Waals surface area contributed by atoms with Gasteiger partial charge in [0.2, 0.25) is 0 Å². The van der Waals surface area contributed by atoms with Gasteiger partial charge in [-0.2, -0.15) is 0 Å². The molecule has 1 aromatic rings. The molecule has 1 N–H and O–H groups in total. The molecule has 0 atom stereocenters. The molecule has 2 rings (SSSR count). The van der Waals surface area contributed by atoms with Gasteiger partial charge in [-0.15, -0.1) is 0 Å². The predicted octanol–water partition coefficient (Wildman–Crippen LogP) is 3.83. The first-order valence-electron chi connectivity index (χ1n) is 6.14. The van der Waals surface area contributed by atoms with Crippen molar-refractivity contribution in [3.05, 3.63) is 28.8 Å². The molecule has 88 valence electrons. The zero-order valence-corrected chi connectivity index (χ0v) is 10.6. The molecule has 1 aromatic carbocycles.